The Bertz CT molecular complexity index is 1270. The minimum Gasteiger partial charge on any atom is -0.456 e. The van der Waals surface area contributed by atoms with Gasteiger partial charge in [0.15, 0.2) is 0 Å². The predicted molar refractivity (Wildman–Crippen MR) is 98.3 cm³/mol. The van der Waals surface area contributed by atoms with Crippen LogP contribution < -0.4 is 9.30 Å². The molecule has 5 heteroatoms. The van der Waals surface area contributed by atoms with Gasteiger partial charge in [0.1, 0.15) is 24.4 Å². The molecule has 0 unspecified atom stereocenters. The molecule has 1 aliphatic heterocycles. The predicted octanol–water partition coefficient (Wildman–Crippen LogP) is 5.11. The number of nitrogens with zero attached hydrogens (tertiary/aromatic N) is 1. The average molecular weight is 365 g/mol. The highest BCUT2D eigenvalue weighted by Crippen LogP contribution is 2.46. The number of benzene rings is 3. The molecule has 0 spiro atoms. The maximum Gasteiger partial charge on any atom is 0.255 e. The molecule has 0 amide bonds. The van der Waals surface area contributed by atoms with Crippen LogP contribution >= 0.6 is 11.6 Å². The largest absolute Gasteiger partial charge is 0.456 e. The first-order chi connectivity index (χ1) is 12.6. The highest BCUT2D eigenvalue weighted by atomic mass is 35.5. The molecule has 0 bridgehead atoms. The molecule has 26 heavy (non-hydrogen) atoms. The standard InChI is InChI=1S/C21H12ClFNO2/c1-24-16-10-14(21(22)25)15(23)9-13(16)11-6-4-8-18-19(11)20(24)12-5-2-3-7-17(12)26-18/h2-10H,1H3/q+1. The molecule has 0 fully saturated rings. The summed E-state index contributed by atoms with van der Waals surface area (Å²) in [7, 11) is 1.90. The van der Waals surface area contributed by atoms with Gasteiger partial charge in [0.25, 0.3) is 5.24 Å². The van der Waals surface area contributed by atoms with Crippen LogP contribution in [-0.4, -0.2) is 5.24 Å². The van der Waals surface area contributed by atoms with Gasteiger partial charge in [-0.2, -0.15) is 4.57 Å². The van der Waals surface area contributed by atoms with Crippen LogP contribution in [0.4, 0.5) is 4.39 Å². The Balaban J connectivity index is 2.05. The fourth-order valence-electron chi connectivity index (χ4n) is 3.76. The monoisotopic (exact) mass is 364 g/mol. The zero-order chi connectivity index (χ0) is 18.0. The van der Waals surface area contributed by atoms with Crippen molar-refractivity contribution in [3.8, 4) is 22.8 Å². The lowest BCUT2D eigenvalue weighted by Crippen LogP contribution is -2.33. The van der Waals surface area contributed by atoms with Crippen molar-refractivity contribution >= 4 is 38.5 Å². The Morgan fingerprint density at radius 1 is 1.04 bits per heavy atom. The zero-order valence-electron chi connectivity index (χ0n) is 13.7. The number of para-hydroxylation sites is 1. The van der Waals surface area contributed by atoms with Crippen molar-refractivity contribution in [1.29, 1.82) is 0 Å². The number of ether oxygens (including phenoxy) is 1. The molecule has 2 heterocycles. The summed E-state index contributed by atoms with van der Waals surface area (Å²) in [4.78, 5) is 11.6. The fraction of sp³-hybridized carbons (Fsp3) is 0.0476. The third kappa shape index (κ3) is 1.93. The normalized spacial score (nSPS) is 12.1. The number of fused-ring (bicyclic) bond motifs is 4. The van der Waals surface area contributed by atoms with Gasteiger partial charge in [-0.15, -0.1) is 0 Å². The van der Waals surface area contributed by atoms with Crippen molar-refractivity contribution in [2.24, 2.45) is 7.05 Å². The number of hydrogen-bond acceptors (Lipinski definition) is 2. The minimum absolute atomic E-state index is 0.127. The van der Waals surface area contributed by atoms with Gasteiger partial charge < -0.3 is 4.74 Å². The first-order valence-corrected chi connectivity index (χ1v) is 8.49. The van der Waals surface area contributed by atoms with Crippen LogP contribution in [0, 0.1) is 5.82 Å². The number of aryl methyl sites for hydroxylation is 1. The molecule has 0 N–H and O–H groups in total. The molecule has 3 nitrogen and oxygen atoms in total. The second-order valence-electron chi connectivity index (χ2n) is 6.31. The van der Waals surface area contributed by atoms with Gasteiger partial charge in [-0.1, -0.05) is 24.3 Å². The smallest absolute Gasteiger partial charge is 0.255 e. The van der Waals surface area contributed by atoms with E-state index in [1.165, 1.54) is 12.1 Å². The lowest BCUT2D eigenvalue weighted by atomic mass is 9.95. The molecule has 0 saturated heterocycles. The summed E-state index contributed by atoms with van der Waals surface area (Å²) in [5.41, 5.74) is 2.51. The number of aromatic nitrogens is 1. The second kappa shape index (κ2) is 5.26. The van der Waals surface area contributed by atoms with Crippen molar-refractivity contribution in [3.05, 3.63) is 66.0 Å². The van der Waals surface area contributed by atoms with E-state index >= 15 is 0 Å². The van der Waals surface area contributed by atoms with Crippen LogP contribution in [0.2, 0.25) is 0 Å². The summed E-state index contributed by atoms with van der Waals surface area (Å²) >= 11 is 5.56. The van der Waals surface area contributed by atoms with Crippen LogP contribution in [-0.2, 0) is 7.05 Å². The Morgan fingerprint density at radius 3 is 2.62 bits per heavy atom. The van der Waals surface area contributed by atoms with Crippen LogP contribution in [0.5, 0.6) is 11.5 Å². The summed E-state index contributed by atoms with van der Waals surface area (Å²) in [6.45, 7) is 0. The first kappa shape index (κ1) is 15.3. The van der Waals surface area contributed by atoms with Gasteiger partial charge in [-0.3, -0.25) is 4.79 Å². The zero-order valence-corrected chi connectivity index (χ0v) is 14.5. The SMILES string of the molecule is C[n+]1c2c3c(cccc3c3cc(F)c(C(=O)Cl)cc31)Oc1ccccc1-2. The molecular weight excluding hydrogens is 353 g/mol. The third-order valence-electron chi connectivity index (χ3n) is 4.91. The molecule has 1 aliphatic rings. The molecule has 5 rings (SSSR count). The van der Waals surface area contributed by atoms with Crippen molar-refractivity contribution < 1.29 is 18.5 Å². The number of carbonyl (C=O) groups is 1. The molecule has 126 valence electrons. The minimum atomic E-state index is -0.810. The number of rotatable bonds is 1. The van der Waals surface area contributed by atoms with E-state index in [0.717, 1.165) is 39.0 Å². The Labute approximate surface area is 153 Å². The Kier molecular flexibility index (Phi) is 3.09. The van der Waals surface area contributed by atoms with Gasteiger partial charge in [0.05, 0.1) is 21.9 Å². The summed E-state index contributed by atoms with van der Waals surface area (Å²) < 4.78 is 22.4. The molecule has 0 atom stereocenters. The summed E-state index contributed by atoms with van der Waals surface area (Å²) in [6, 6.07) is 16.4. The molecule has 0 aliphatic carbocycles. The maximum atomic E-state index is 14.4. The van der Waals surface area contributed by atoms with E-state index in [4.69, 9.17) is 16.3 Å². The van der Waals surface area contributed by atoms with Gasteiger partial charge in [0.2, 0.25) is 11.2 Å². The number of pyridine rings is 1. The van der Waals surface area contributed by atoms with E-state index in [0.29, 0.717) is 5.39 Å². The van der Waals surface area contributed by atoms with Gasteiger partial charge in [-0.05, 0) is 35.9 Å². The van der Waals surface area contributed by atoms with Crippen molar-refractivity contribution in [1.82, 2.24) is 0 Å². The van der Waals surface area contributed by atoms with E-state index in [9.17, 15) is 9.18 Å². The topological polar surface area (TPSA) is 30.2 Å². The number of halogens is 2. The molecule has 4 aromatic rings. The van der Waals surface area contributed by atoms with Crippen molar-refractivity contribution in [2.75, 3.05) is 0 Å². The highest BCUT2D eigenvalue weighted by Gasteiger charge is 2.30. The van der Waals surface area contributed by atoms with E-state index < -0.39 is 11.1 Å². The van der Waals surface area contributed by atoms with Crippen molar-refractivity contribution in [2.45, 2.75) is 0 Å². The first-order valence-electron chi connectivity index (χ1n) is 8.11. The fourth-order valence-corrected chi connectivity index (χ4v) is 3.91. The summed E-state index contributed by atoms with van der Waals surface area (Å²) in [6.07, 6.45) is 0. The molecular formula is C21H12ClFNO2+. The average Bonchev–Trinajstić information content (AvgIpc) is 2.64. The third-order valence-corrected chi connectivity index (χ3v) is 5.11. The van der Waals surface area contributed by atoms with Gasteiger partial charge in [0, 0.05) is 11.5 Å². The number of hydrogen-bond donors (Lipinski definition) is 0. The molecule has 0 saturated carbocycles. The Hall–Kier alpha value is -2.98. The van der Waals surface area contributed by atoms with Crippen LogP contribution in [0.3, 0.4) is 0 Å². The molecule has 0 radical (unpaired) electrons. The Morgan fingerprint density at radius 2 is 1.81 bits per heavy atom. The van der Waals surface area contributed by atoms with Crippen molar-refractivity contribution in [3.63, 3.8) is 0 Å². The van der Waals surface area contributed by atoms with E-state index in [1.54, 1.807) is 0 Å². The lowest BCUT2D eigenvalue weighted by molar-refractivity contribution is -0.632. The van der Waals surface area contributed by atoms with E-state index in [2.05, 4.69) is 0 Å². The van der Waals surface area contributed by atoms with E-state index in [-0.39, 0.29) is 5.56 Å². The van der Waals surface area contributed by atoms with Crippen LogP contribution in [0.15, 0.2) is 54.6 Å². The summed E-state index contributed by atoms with van der Waals surface area (Å²) in [5, 5.41) is 1.68. The summed E-state index contributed by atoms with van der Waals surface area (Å²) in [5.74, 6) is 0.861. The maximum absolute atomic E-state index is 14.4. The van der Waals surface area contributed by atoms with Gasteiger partial charge >= 0.3 is 0 Å². The van der Waals surface area contributed by atoms with E-state index in [1.807, 2.05) is 54.1 Å². The second-order valence-corrected chi connectivity index (χ2v) is 6.65. The quantitative estimate of drug-likeness (QED) is 0.235. The molecule has 3 aromatic carbocycles. The van der Waals surface area contributed by atoms with Crippen LogP contribution in [0.1, 0.15) is 10.4 Å². The number of carbonyl (C=O) groups excluding carboxylic acids is 1. The highest BCUT2D eigenvalue weighted by molar-refractivity contribution is 6.67. The lowest BCUT2D eigenvalue weighted by Gasteiger charge is -2.20. The van der Waals surface area contributed by atoms with Gasteiger partial charge in [-0.25, -0.2) is 4.39 Å². The van der Waals surface area contributed by atoms with Crippen LogP contribution in [0.25, 0.3) is 32.9 Å². The molecule has 1 aromatic heterocycles.